The molecular weight excluding hydrogens is 254 g/mol. The van der Waals surface area contributed by atoms with Crippen molar-refractivity contribution in [2.45, 2.75) is 26.5 Å². The summed E-state index contributed by atoms with van der Waals surface area (Å²) in [6, 6.07) is 8.70. The van der Waals surface area contributed by atoms with Crippen LogP contribution in [0.25, 0.3) is 0 Å². The number of hydrogen-bond acceptors (Lipinski definition) is 2. The van der Waals surface area contributed by atoms with Crippen LogP contribution in [-0.2, 0) is 5.75 Å². The summed E-state index contributed by atoms with van der Waals surface area (Å²) in [7, 11) is 0. The second-order valence-corrected chi connectivity index (χ2v) is 5.56. The molecule has 0 aromatic heterocycles. The molecule has 0 aliphatic carbocycles. The van der Waals surface area contributed by atoms with Crippen LogP contribution in [0.4, 0.5) is 0 Å². The number of nitrogens with two attached hydrogens (primary N) is 1. The van der Waals surface area contributed by atoms with E-state index in [1.165, 1.54) is 11.1 Å². The Morgan fingerprint density at radius 3 is 2.42 bits per heavy atom. The van der Waals surface area contributed by atoms with Crippen LogP contribution >= 0.6 is 11.8 Å². The van der Waals surface area contributed by atoms with Crippen LogP contribution in [0.2, 0.25) is 0 Å². The topological polar surface area (TPSA) is 41.6 Å². The van der Waals surface area contributed by atoms with Crippen molar-refractivity contribution in [2.75, 3.05) is 25.4 Å². The van der Waals surface area contributed by atoms with Crippen molar-refractivity contribution >= 4 is 17.7 Å². The molecule has 0 spiro atoms. The quantitative estimate of drug-likeness (QED) is 0.474. The van der Waals surface area contributed by atoms with Crippen LogP contribution in [0.15, 0.2) is 29.3 Å². The van der Waals surface area contributed by atoms with E-state index in [1.807, 2.05) is 11.8 Å². The Bertz CT molecular complexity index is 383. The first-order chi connectivity index (χ1) is 9.17. The van der Waals surface area contributed by atoms with Crippen molar-refractivity contribution in [3.05, 3.63) is 35.4 Å². The summed E-state index contributed by atoms with van der Waals surface area (Å²) in [5.41, 5.74) is 8.60. The average Bonchev–Trinajstić information content (AvgIpc) is 2.42. The van der Waals surface area contributed by atoms with Gasteiger partial charge in [-0.25, -0.2) is 0 Å². The van der Waals surface area contributed by atoms with Crippen molar-refractivity contribution in [1.29, 1.82) is 0 Å². The molecule has 0 radical (unpaired) electrons. The molecule has 4 heteroatoms. The van der Waals surface area contributed by atoms with E-state index < -0.39 is 0 Å². The lowest BCUT2D eigenvalue weighted by Gasteiger charge is -2.19. The first-order valence-corrected chi connectivity index (χ1v) is 8.01. The molecule has 0 bridgehead atoms. The highest BCUT2D eigenvalue weighted by atomic mass is 32.2. The van der Waals surface area contributed by atoms with E-state index in [1.54, 1.807) is 0 Å². The number of aliphatic imine (C=N–C) groups is 1. The van der Waals surface area contributed by atoms with Gasteiger partial charge >= 0.3 is 0 Å². The monoisotopic (exact) mass is 279 g/mol. The number of aryl methyl sites for hydroxylation is 1. The van der Waals surface area contributed by atoms with Gasteiger partial charge in [0.2, 0.25) is 0 Å². The van der Waals surface area contributed by atoms with Gasteiger partial charge in [0.15, 0.2) is 5.96 Å². The van der Waals surface area contributed by atoms with Crippen LogP contribution in [0.3, 0.4) is 0 Å². The number of hydrogen-bond donors (Lipinski definition) is 1. The molecule has 3 nitrogen and oxygen atoms in total. The highest BCUT2D eigenvalue weighted by Crippen LogP contribution is 2.12. The van der Waals surface area contributed by atoms with E-state index in [4.69, 9.17) is 5.73 Å². The lowest BCUT2D eigenvalue weighted by molar-refractivity contribution is 0.458. The molecule has 0 amide bonds. The van der Waals surface area contributed by atoms with Gasteiger partial charge in [-0.05, 0) is 26.3 Å². The second-order valence-electron chi connectivity index (χ2n) is 4.45. The molecule has 0 atom stereocenters. The van der Waals surface area contributed by atoms with E-state index in [0.29, 0.717) is 5.96 Å². The minimum Gasteiger partial charge on any atom is -0.370 e. The van der Waals surface area contributed by atoms with Crippen LogP contribution < -0.4 is 5.73 Å². The van der Waals surface area contributed by atoms with Crippen molar-refractivity contribution in [1.82, 2.24) is 4.90 Å². The van der Waals surface area contributed by atoms with Crippen LogP contribution in [0.1, 0.15) is 25.0 Å². The van der Waals surface area contributed by atoms with Crippen molar-refractivity contribution < 1.29 is 0 Å². The fourth-order valence-corrected chi connectivity index (χ4v) is 2.54. The first kappa shape index (κ1) is 15.9. The Kier molecular flexibility index (Phi) is 7.41. The predicted molar refractivity (Wildman–Crippen MR) is 86.8 cm³/mol. The minimum absolute atomic E-state index is 0.668. The van der Waals surface area contributed by atoms with Crippen LogP contribution in [-0.4, -0.2) is 36.2 Å². The van der Waals surface area contributed by atoms with Crippen LogP contribution in [0.5, 0.6) is 0 Å². The maximum atomic E-state index is 5.92. The molecule has 0 fully saturated rings. The Morgan fingerprint density at radius 2 is 1.84 bits per heavy atom. The Balaban J connectivity index is 2.24. The Labute approximate surface area is 121 Å². The number of guanidine groups is 1. The summed E-state index contributed by atoms with van der Waals surface area (Å²) in [4.78, 5) is 6.49. The summed E-state index contributed by atoms with van der Waals surface area (Å²) in [5.74, 6) is 2.72. The van der Waals surface area contributed by atoms with Gasteiger partial charge in [0.1, 0.15) is 0 Å². The van der Waals surface area contributed by atoms with E-state index >= 15 is 0 Å². The smallest absolute Gasteiger partial charge is 0.191 e. The fraction of sp³-hybridized carbons (Fsp3) is 0.533. The number of benzene rings is 1. The van der Waals surface area contributed by atoms with E-state index in [-0.39, 0.29) is 0 Å². The highest BCUT2D eigenvalue weighted by molar-refractivity contribution is 7.98. The fourth-order valence-electron chi connectivity index (χ4n) is 1.75. The molecule has 0 unspecified atom stereocenters. The van der Waals surface area contributed by atoms with E-state index in [9.17, 15) is 0 Å². The summed E-state index contributed by atoms with van der Waals surface area (Å²) in [6.45, 7) is 8.93. The SMILES string of the molecule is CCN(CC)C(N)=NCCSCc1ccc(C)cc1. The Hall–Kier alpha value is -1.16. The molecule has 106 valence electrons. The highest BCUT2D eigenvalue weighted by Gasteiger charge is 2.00. The molecule has 2 N–H and O–H groups in total. The molecule has 1 aromatic carbocycles. The second kappa shape index (κ2) is 8.86. The summed E-state index contributed by atoms with van der Waals surface area (Å²) < 4.78 is 0. The van der Waals surface area contributed by atoms with Gasteiger partial charge < -0.3 is 10.6 Å². The van der Waals surface area contributed by atoms with Crippen molar-refractivity contribution in [3.8, 4) is 0 Å². The molecule has 1 rings (SSSR count). The van der Waals surface area contributed by atoms with Crippen molar-refractivity contribution in [3.63, 3.8) is 0 Å². The zero-order chi connectivity index (χ0) is 14.1. The lowest BCUT2D eigenvalue weighted by Crippen LogP contribution is -2.37. The maximum Gasteiger partial charge on any atom is 0.191 e. The van der Waals surface area contributed by atoms with E-state index in [2.05, 4.69) is 54.9 Å². The molecule has 0 aliphatic heterocycles. The summed E-state index contributed by atoms with van der Waals surface area (Å²) in [6.07, 6.45) is 0. The first-order valence-electron chi connectivity index (χ1n) is 6.85. The molecule has 19 heavy (non-hydrogen) atoms. The van der Waals surface area contributed by atoms with Gasteiger partial charge in [0.05, 0.1) is 6.54 Å². The van der Waals surface area contributed by atoms with Gasteiger partial charge in [-0.1, -0.05) is 29.8 Å². The van der Waals surface area contributed by atoms with Gasteiger partial charge in [-0.15, -0.1) is 0 Å². The third-order valence-electron chi connectivity index (χ3n) is 2.99. The standard InChI is InChI=1S/C15H25N3S/c1-4-18(5-2)15(16)17-10-11-19-12-14-8-6-13(3)7-9-14/h6-9H,4-5,10-12H2,1-3H3,(H2,16,17). The summed E-state index contributed by atoms with van der Waals surface area (Å²) in [5, 5.41) is 0. The summed E-state index contributed by atoms with van der Waals surface area (Å²) >= 11 is 1.90. The largest absolute Gasteiger partial charge is 0.370 e. The minimum atomic E-state index is 0.668. The molecular formula is C15H25N3S. The van der Waals surface area contributed by atoms with Crippen LogP contribution in [0, 0.1) is 6.92 Å². The normalized spacial score (nSPS) is 11.6. The number of thioether (sulfide) groups is 1. The predicted octanol–water partition coefficient (Wildman–Crippen LogP) is 2.88. The maximum absolute atomic E-state index is 5.92. The molecule has 0 heterocycles. The zero-order valence-corrected chi connectivity index (χ0v) is 13.0. The van der Waals surface area contributed by atoms with Gasteiger partial charge in [0.25, 0.3) is 0 Å². The van der Waals surface area contributed by atoms with Gasteiger partial charge in [-0.3, -0.25) is 4.99 Å². The van der Waals surface area contributed by atoms with Gasteiger partial charge in [-0.2, -0.15) is 11.8 Å². The number of nitrogens with zero attached hydrogens (tertiary/aromatic N) is 2. The third kappa shape index (κ3) is 6.01. The molecule has 0 aliphatic rings. The molecule has 1 aromatic rings. The number of rotatable bonds is 7. The lowest BCUT2D eigenvalue weighted by atomic mass is 10.2. The van der Waals surface area contributed by atoms with Crippen molar-refractivity contribution in [2.24, 2.45) is 10.7 Å². The Morgan fingerprint density at radius 1 is 1.21 bits per heavy atom. The zero-order valence-electron chi connectivity index (χ0n) is 12.2. The van der Waals surface area contributed by atoms with E-state index in [0.717, 1.165) is 31.1 Å². The van der Waals surface area contributed by atoms with Gasteiger partial charge in [0, 0.05) is 24.6 Å². The third-order valence-corrected chi connectivity index (χ3v) is 3.99. The molecule has 0 saturated heterocycles. The average molecular weight is 279 g/mol. The molecule has 0 saturated carbocycles.